The molecule has 0 N–H and O–H groups in total. The fourth-order valence-electron chi connectivity index (χ4n) is 3.11. The number of carbonyl (C=O) groups excluding carboxylic acids is 1. The van der Waals surface area contributed by atoms with Crippen LogP contribution in [0.15, 0.2) is 29.4 Å². The first-order valence-electron chi connectivity index (χ1n) is 8.87. The van der Waals surface area contributed by atoms with Gasteiger partial charge < -0.3 is 4.90 Å². The van der Waals surface area contributed by atoms with Gasteiger partial charge in [-0.3, -0.25) is 4.79 Å². The van der Waals surface area contributed by atoms with Crippen molar-refractivity contribution in [2.24, 2.45) is 0 Å². The lowest BCUT2D eigenvalue weighted by molar-refractivity contribution is -0.131. The first-order valence-corrected chi connectivity index (χ1v) is 9.86. The minimum atomic E-state index is 0.168. The average molecular weight is 359 g/mol. The Morgan fingerprint density at radius 2 is 2.04 bits per heavy atom. The number of thioether (sulfide) groups is 1. The van der Waals surface area contributed by atoms with E-state index in [1.807, 2.05) is 17.0 Å². The molecule has 1 saturated heterocycles. The molecule has 1 amide bonds. The second-order valence-electron chi connectivity index (χ2n) is 6.84. The van der Waals surface area contributed by atoms with Crippen molar-refractivity contribution in [1.82, 2.24) is 25.1 Å². The molecule has 0 bridgehead atoms. The van der Waals surface area contributed by atoms with Crippen molar-refractivity contribution in [2.75, 3.05) is 12.3 Å². The fraction of sp³-hybridized carbons (Fsp3) is 0.556. The highest BCUT2D eigenvalue weighted by molar-refractivity contribution is 7.99. The second-order valence-corrected chi connectivity index (χ2v) is 7.78. The van der Waals surface area contributed by atoms with Gasteiger partial charge in [0.1, 0.15) is 0 Å². The van der Waals surface area contributed by atoms with Gasteiger partial charge in [-0.05, 0) is 60.2 Å². The summed E-state index contributed by atoms with van der Waals surface area (Å²) in [5.74, 6) is 1.03. The number of carbonyl (C=O) groups is 1. The molecule has 2 heterocycles. The van der Waals surface area contributed by atoms with Crippen molar-refractivity contribution in [3.63, 3.8) is 0 Å². The molecular formula is C18H25N5OS. The fourth-order valence-corrected chi connectivity index (χ4v) is 3.89. The van der Waals surface area contributed by atoms with Crippen molar-refractivity contribution in [3.8, 4) is 5.69 Å². The van der Waals surface area contributed by atoms with E-state index in [0.29, 0.717) is 22.9 Å². The molecule has 7 heteroatoms. The SMILES string of the molecule is CC(C)c1ccc(-n2nnnc2SCC(=O)N2CCCCC2C)cc1. The molecule has 134 valence electrons. The molecule has 1 aliphatic heterocycles. The monoisotopic (exact) mass is 359 g/mol. The van der Waals surface area contributed by atoms with Crippen LogP contribution >= 0.6 is 11.8 Å². The molecule has 0 spiro atoms. The minimum absolute atomic E-state index is 0.168. The Morgan fingerprint density at radius 3 is 2.72 bits per heavy atom. The summed E-state index contributed by atoms with van der Waals surface area (Å²) >= 11 is 1.40. The first kappa shape index (κ1) is 17.9. The normalized spacial score (nSPS) is 17.9. The van der Waals surface area contributed by atoms with Gasteiger partial charge in [-0.15, -0.1) is 5.10 Å². The number of piperidine rings is 1. The van der Waals surface area contributed by atoms with Gasteiger partial charge in [0.05, 0.1) is 11.4 Å². The summed E-state index contributed by atoms with van der Waals surface area (Å²) < 4.78 is 1.70. The van der Waals surface area contributed by atoms with E-state index in [2.05, 4.69) is 48.4 Å². The second kappa shape index (κ2) is 7.99. The number of likely N-dealkylation sites (tertiary alicyclic amines) is 1. The van der Waals surface area contributed by atoms with E-state index >= 15 is 0 Å². The van der Waals surface area contributed by atoms with Crippen LogP contribution in [0.1, 0.15) is 51.5 Å². The van der Waals surface area contributed by atoms with Gasteiger partial charge >= 0.3 is 0 Å². The number of amides is 1. The van der Waals surface area contributed by atoms with Gasteiger partial charge in [-0.25, -0.2) is 0 Å². The molecule has 1 fully saturated rings. The lowest BCUT2D eigenvalue weighted by Gasteiger charge is -2.33. The molecule has 3 rings (SSSR count). The molecule has 0 radical (unpaired) electrons. The Bertz CT molecular complexity index is 713. The Hall–Kier alpha value is -1.89. The van der Waals surface area contributed by atoms with E-state index in [1.165, 1.54) is 23.7 Å². The molecule has 1 aromatic heterocycles. The third kappa shape index (κ3) is 4.21. The van der Waals surface area contributed by atoms with E-state index in [-0.39, 0.29) is 5.91 Å². The zero-order chi connectivity index (χ0) is 17.8. The van der Waals surface area contributed by atoms with Crippen LogP contribution in [0.4, 0.5) is 0 Å². The quantitative estimate of drug-likeness (QED) is 0.767. The lowest BCUT2D eigenvalue weighted by Crippen LogP contribution is -2.42. The number of hydrogen-bond acceptors (Lipinski definition) is 5. The third-order valence-electron chi connectivity index (χ3n) is 4.69. The summed E-state index contributed by atoms with van der Waals surface area (Å²) in [5, 5.41) is 12.6. The number of rotatable bonds is 5. The molecular weight excluding hydrogens is 334 g/mol. The molecule has 0 saturated carbocycles. The predicted molar refractivity (Wildman–Crippen MR) is 99.0 cm³/mol. The zero-order valence-electron chi connectivity index (χ0n) is 15.1. The number of aromatic nitrogens is 4. The van der Waals surface area contributed by atoms with E-state index in [1.54, 1.807) is 4.68 Å². The maximum atomic E-state index is 12.5. The summed E-state index contributed by atoms with van der Waals surface area (Å²) in [6.45, 7) is 7.32. The van der Waals surface area contributed by atoms with Crippen LogP contribution < -0.4 is 0 Å². The average Bonchev–Trinajstić information content (AvgIpc) is 3.08. The van der Waals surface area contributed by atoms with E-state index in [9.17, 15) is 4.79 Å². The Labute approximate surface area is 153 Å². The van der Waals surface area contributed by atoms with E-state index in [4.69, 9.17) is 0 Å². The molecule has 6 nitrogen and oxygen atoms in total. The van der Waals surface area contributed by atoms with Gasteiger partial charge in [0.25, 0.3) is 0 Å². The summed E-state index contributed by atoms with van der Waals surface area (Å²) in [7, 11) is 0. The van der Waals surface area contributed by atoms with Gasteiger partial charge in [0, 0.05) is 12.6 Å². The molecule has 0 aliphatic carbocycles. The predicted octanol–water partition coefficient (Wildman–Crippen LogP) is 3.28. The molecule has 25 heavy (non-hydrogen) atoms. The smallest absolute Gasteiger partial charge is 0.233 e. The third-order valence-corrected chi connectivity index (χ3v) is 5.60. The van der Waals surface area contributed by atoms with Crippen LogP contribution in [0.5, 0.6) is 0 Å². The van der Waals surface area contributed by atoms with Crippen LogP contribution in [-0.4, -0.2) is 49.4 Å². The van der Waals surface area contributed by atoms with Gasteiger partial charge in [-0.1, -0.05) is 37.7 Å². The summed E-state index contributed by atoms with van der Waals surface area (Å²) in [4.78, 5) is 14.5. The van der Waals surface area contributed by atoms with Gasteiger partial charge in [0.2, 0.25) is 11.1 Å². The Kier molecular flexibility index (Phi) is 5.73. The number of benzene rings is 1. The topological polar surface area (TPSA) is 63.9 Å². The maximum absolute atomic E-state index is 12.5. The highest BCUT2D eigenvalue weighted by Crippen LogP contribution is 2.23. The summed E-state index contributed by atoms with van der Waals surface area (Å²) in [5.41, 5.74) is 2.19. The number of hydrogen-bond donors (Lipinski definition) is 0. The van der Waals surface area contributed by atoms with Crippen molar-refractivity contribution in [2.45, 2.75) is 57.1 Å². The van der Waals surface area contributed by atoms with Crippen molar-refractivity contribution in [3.05, 3.63) is 29.8 Å². The minimum Gasteiger partial charge on any atom is -0.339 e. The highest BCUT2D eigenvalue weighted by atomic mass is 32.2. The van der Waals surface area contributed by atoms with E-state index < -0.39 is 0 Å². The van der Waals surface area contributed by atoms with Crippen LogP contribution in [0, 0.1) is 0 Å². The zero-order valence-corrected chi connectivity index (χ0v) is 15.9. The van der Waals surface area contributed by atoms with Crippen LogP contribution in [0.25, 0.3) is 5.69 Å². The van der Waals surface area contributed by atoms with Crippen LogP contribution in [-0.2, 0) is 4.79 Å². The van der Waals surface area contributed by atoms with E-state index in [0.717, 1.165) is 25.1 Å². The van der Waals surface area contributed by atoms with Gasteiger partial charge in [0.15, 0.2) is 0 Å². The summed E-state index contributed by atoms with van der Waals surface area (Å²) in [6, 6.07) is 8.56. The standard InChI is InChI=1S/C18H25N5OS/c1-13(2)15-7-9-16(10-8-15)23-18(19-20-21-23)25-12-17(24)22-11-5-4-6-14(22)3/h7-10,13-14H,4-6,11-12H2,1-3H3. The Morgan fingerprint density at radius 1 is 1.28 bits per heavy atom. The summed E-state index contributed by atoms with van der Waals surface area (Å²) in [6.07, 6.45) is 3.40. The number of nitrogens with zero attached hydrogens (tertiary/aromatic N) is 5. The lowest BCUT2D eigenvalue weighted by atomic mass is 10.0. The van der Waals surface area contributed by atoms with Crippen LogP contribution in [0.3, 0.4) is 0 Å². The maximum Gasteiger partial charge on any atom is 0.233 e. The molecule has 1 aromatic carbocycles. The molecule has 2 aromatic rings. The van der Waals surface area contributed by atoms with Crippen molar-refractivity contribution in [1.29, 1.82) is 0 Å². The van der Waals surface area contributed by atoms with Crippen molar-refractivity contribution >= 4 is 17.7 Å². The molecule has 1 unspecified atom stereocenters. The molecule has 1 aliphatic rings. The first-order chi connectivity index (χ1) is 12.1. The number of tetrazole rings is 1. The largest absolute Gasteiger partial charge is 0.339 e. The van der Waals surface area contributed by atoms with Gasteiger partial charge in [-0.2, -0.15) is 4.68 Å². The van der Waals surface area contributed by atoms with Crippen molar-refractivity contribution < 1.29 is 4.79 Å². The molecule has 1 atom stereocenters. The Balaban J connectivity index is 1.66. The highest BCUT2D eigenvalue weighted by Gasteiger charge is 2.23. The van der Waals surface area contributed by atoms with Crippen LogP contribution in [0.2, 0.25) is 0 Å².